The zero-order valence-corrected chi connectivity index (χ0v) is 15.9. The number of amides is 1. The number of carbonyl (C=O) groups is 1. The highest BCUT2D eigenvalue weighted by Gasteiger charge is 2.42. The summed E-state index contributed by atoms with van der Waals surface area (Å²) in [5.74, 6) is 2.25. The maximum absolute atomic E-state index is 13.1. The minimum Gasteiger partial charge on any atom is -0.352 e. The molecule has 3 aliphatic rings. The van der Waals surface area contributed by atoms with Crippen LogP contribution in [0.3, 0.4) is 0 Å². The van der Waals surface area contributed by atoms with Crippen LogP contribution in [0.15, 0.2) is 4.47 Å². The van der Waals surface area contributed by atoms with Crippen LogP contribution in [0.4, 0.5) is 8.78 Å². The molecule has 3 aliphatic carbocycles. The average molecular weight is 416 g/mol. The van der Waals surface area contributed by atoms with Gasteiger partial charge in [-0.05, 0) is 72.7 Å². The average Bonchev–Trinajstić information content (AvgIpc) is 3.02. The van der Waals surface area contributed by atoms with Gasteiger partial charge < -0.3 is 5.32 Å². The predicted molar refractivity (Wildman–Crippen MR) is 93.4 cm³/mol. The Balaban J connectivity index is 1.43. The van der Waals surface area contributed by atoms with Gasteiger partial charge in [-0.3, -0.25) is 9.48 Å². The molecule has 1 N–H and O–H groups in total. The summed E-state index contributed by atoms with van der Waals surface area (Å²) in [5, 5.41) is 7.11. The van der Waals surface area contributed by atoms with Crippen molar-refractivity contribution in [1.29, 1.82) is 0 Å². The molecule has 0 aliphatic heterocycles. The van der Waals surface area contributed by atoms with Gasteiger partial charge in [0, 0.05) is 12.0 Å². The summed E-state index contributed by atoms with van der Waals surface area (Å²) < 4.78 is 28.1. The van der Waals surface area contributed by atoms with Crippen molar-refractivity contribution in [3.63, 3.8) is 0 Å². The standard InChI is InChI=1S/C18H24BrF2N3O/c1-9(13-7-10-2-3-12(13)6-10)22-14(25)8-24-17(11-4-5-11)15(19)16(23-24)18(20)21/h9-13,18H,2-8H2,1H3,(H,22,25)/t9-,10+,12+,13+/m0/s1. The van der Waals surface area contributed by atoms with Crippen molar-refractivity contribution in [3.8, 4) is 0 Å². The maximum Gasteiger partial charge on any atom is 0.283 e. The fourth-order valence-electron chi connectivity index (χ4n) is 4.93. The molecule has 4 nitrogen and oxygen atoms in total. The lowest BCUT2D eigenvalue weighted by Gasteiger charge is -2.28. The third-order valence-electron chi connectivity index (χ3n) is 6.24. The number of rotatable bonds is 6. The molecule has 1 aromatic rings. The second kappa shape index (κ2) is 6.63. The first-order valence-corrected chi connectivity index (χ1v) is 10.1. The third kappa shape index (κ3) is 3.36. The van der Waals surface area contributed by atoms with Gasteiger partial charge in [0.1, 0.15) is 12.2 Å². The first-order valence-electron chi connectivity index (χ1n) is 9.27. The van der Waals surface area contributed by atoms with E-state index < -0.39 is 6.43 Å². The molecular formula is C18H24BrF2N3O. The van der Waals surface area contributed by atoms with Crippen LogP contribution < -0.4 is 5.32 Å². The van der Waals surface area contributed by atoms with E-state index in [9.17, 15) is 13.6 Å². The van der Waals surface area contributed by atoms with E-state index >= 15 is 0 Å². The van der Waals surface area contributed by atoms with Gasteiger partial charge in [-0.25, -0.2) is 8.78 Å². The number of hydrogen-bond acceptors (Lipinski definition) is 2. The normalized spacial score (nSPS) is 29.4. The highest BCUT2D eigenvalue weighted by molar-refractivity contribution is 9.10. The van der Waals surface area contributed by atoms with Gasteiger partial charge in [0.25, 0.3) is 6.43 Å². The molecule has 2 bridgehead atoms. The zero-order chi connectivity index (χ0) is 17.7. The van der Waals surface area contributed by atoms with Crippen LogP contribution in [0.1, 0.15) is 69.2 Å². The lowest BCUT2D eigenvalue weighted by molar-refractivity contribution is -0.123. The van der Waals surface area contributed by atoms with Gasteiger partial charge in [-0.15, -0.1) is 0 Å². The minimum absolute atomic E-state index is 0.0162. The van der Waals surface area contributed by atoms with Crippen molar-refractivity contribution >= 4 is 21.8 Å². The molecule has 3 fully saturated rings. The molecule has 25 heavy (non-hydrogen) atoms. The Morgan fingerprint density at radius 3 is 2.64 bits per heavy atom. The molecule has 0 radical (unpaired) electrons. The molecular weight excluding hydrogens is 392 g/mol. The Bertz CT molecular complexity index is 674. The number of aromatic nitrogens is 2. The second-order valence-electron chi connectivity index (χ2n) is 8.01. The monoisotopic (exact) mass is 415 g/mol. The molecule has 0 aromatic carbocycles. The van der Waals surface area contributed by atoms with Crippen molar-refractivity contribution in [2.45, 2.75) is 70.4 Å². The first-order chi connectivity index (χ1) is 11.9. The van der Waals surface area contributed by atoms with Crippen LogP contribution in [0.25, 0.3) is 0 Å². The molecule has 4 rings (SSSR count). The van der Waals surface area contributed by atoms with Crippen LogP contribution in [-0.4, -0.2) is 21.7 Å². The highest BCUT2D eigenvalue weighted by Crippen LogP contribution is 2.49. The fourth-order valence-corrected chi connectivity index (χ4v) is 5.71. The number of halogens is 3. The summed E-state index contributed by atoms with van der Waals surface area (Å²) in [5.41, 5.74) is 0.494. The van der Waals surface area contributed by atoms with E-state index in [-0.39, 0.29) is 30.1 Å². The van der Waals surface area contributed by atoms with E-state index in [0.29, 0.717) is 10.4 Å². The third-order valence-corrected chi connectivity index (χ3v) is 7.06. The molecule has 3 saturated carbocycles. The summed E-state index contributed by atoms with van der Waals surface area (Å²) in [6.45, 7) is 2.09. The number of alkyl halides is 2. The predicted octanol–water partition coefficient (Wildman–Crippen LogP) is 4.40. The Morgan fingerprint density at radius 1 is 1.32 bits per heavy atom. The van der Waals surface area contributed by atoms with E-state index in [1.165, 1.54) is 30.4 Å². The van der Waals surface area contributed by atoms with E-state index in [0.717, 1.165) is 30.4 Å². The summed E-state index contributed by atoms with van der Waals surface area (Å²) >= 11 is 3.26. The largest absolute Gasteiger partial charge is 0.352 e. The topological polar surface area (TPSA) is 46.9 Å². The zero-order valence-electron chi connectivity index (χ0n) is 14.4. The maximum atomic E-state index is 13.1. The van der Waals surface area contributed by atoms with Crippen LogP contribution in [-0.2, 0) is 11.3 Å². The van der Waals surface area contributed by atoms with Gasteiger partial charge >= 0.3 is 0 Å². The van der Waals surface area contributed by atoms with E-state index in [4.69, 9.17) is 0 Å². The number of fused-ring (bicyclic) bond motifs is 2. The van der Waals surface area contributed by atoms with E-state index in [1.54, 1.807) is 0 Å². The lowest BCUT2D eigenvalue weighted by Crippen LogP contribution is -2.41. The van der Waals surface area contributed by atoms with Crippen molar-refractivity contribution in [2.24, 2.45) is 17.8 Å². The Kier molecular flexibility index (Phi) is 4.63. The quantitative estimate of drug-likeness (QED) is 0.747. The number of nitrogens with one attached hydrogen (secondary N) is 1. The second-order valence-corrected chi connectivity index (χ2v) is 8.80. The van der Waals surface area contributed by atoms with Crippen molar-refractivity contribution in [2.75, 3.05) is 0 Å². The molecule has 0 saturated heterocycles. The van der Waals surface area contributed by atoms with Crippen molar-refractivity contribution in [3.05, 3.63) is 15.9 Å². The van der Waals surface area contributed by atoms with Crippen molar-refractivity contribution < 1.29 is 13.6 Å². The van der Waals surface area contributed by atoms with E-state index in [1.807, 2.05) is 0 Å². The molecule has 0 unspecified atom stereocenters. The molecule has 1 amide bonds. The smallest absolute Gasteiger partial charge is 0.283 e. The summed E-state index contributed by atoms with van der Waals surface area (Å²) in [4.78, 5) is 12.5. The number of carbonyl (C=O) groups excluding carboxylic acids is 1. The fraction of sp³-hybridized carbons (Fsp3) is 0.778. The SMILES string of the molecule is C[C@H](NC(=O)Cn1nc(C(F)F)c(Br)c1C1CC1)[C@H]1C[C@@H]2CC[C@@H]1C2. The molecule has 7 heteroatoms. The molecule has 1 heterocycles. The minimum atomic E-state index is -2.64. The van der Waals surface area contributed by atoms with Gasteiger partial charge in [0.05, 0.1) is 10.2 Å². The van der Waals surface area contributed by atoms with Crippen molar-refractivity contribution in [1.82, 2.24) is 15.1 Å². The lowest BCUT2D eigenvalue weighted by atomic mass is 9.84. The van der Waals surface area contributed by atoms with Crippen LogP contribution in [0.5, 0.6) is 0 Å². The summed E-state index contributed by atoms with van der Waals surface area (Å²) in [7, 11) is 0. The summed E-state index contributed by atoms with van der Waals surface area (Å²) in [6, 6.07) is 0.140. The number of hydrogen-bond donors (Lipinski definition) is 1. The van der Waals surface area contributed by atoms with Crippen LogP contribution >= 0.6 is 15.9 Å². The number of nitrogens with zero attached hydrogens (tertiary/aromatic N) is 2. The van der Waals surface area contributed by atoms with Gasteiger partial charge in [0.2, 0.25) is 5.91 Å². The molecule has 4 atom stereocenters. The molecule has 138 valence electrons. The molecule has 1 aromatic heterocycles. The van der Waals surface area contributed by atoms with Gasteiger partial charge in [0.15, 0.2) is 0 Å². The van der Waals surface area contributed by atoms with Crippen LogP contribution in [0.2, 0.25) is 0 Å². The van der Waals surface area contributed by atoms with Gasteiger partial charge in [-0.1, -0.05) is 6.42 Å². The van der Waals surface area contributed by atoms with Gasteiger partial charge in [-0.2, -0.15) is 5.10 Å². The Morgan fingerprint density at radius 2 is 2.08 bits per heavy atom. The summed E-state index contributed by atoms with van der Waals surface area (Å²) in [6.07, 6.45) is 4.44. The Hall–Kier alpha value is -0.980. The first kappa shape index (κ1) is 17.4. The highest BCUT2D eigenvalue weighted by atomic mass is 79.9. The molecule has 0 spiro atoms. The van der Waals surface area contributed by atoms with E-state index in [2.05, 4.69) is 33.3 Å². The van der Waals surface area contributed by atoms with Crippen LogP contribution in [0, 0.1) is 17.8 Å². The Labute approximate surface area is 154 Å².